The Balaban J connectivity index is 2.30. The Morgan fingerprint density at radius 2 is 1.43 bits per heavy atom. The third-order valence-electron chi connectivity index (χ3n) is 4.88. The molecule has 2 aromatic carbocycles. The minimum absolute atomic E-state index is 0.102. The lowest BCUT2D eigenvalue weighted by Gasteiger charge is -2.26. The van der Waals surface area contributed by atoms with Gasteiger partial charge in [-0.05, 0) is 74.2 Å². The van der Waals surface area contributed by atoms with Crippen LogP contribution in [-0.2, 0) is 0 Å². The molecule has 0 aliphatic rings. The van der Waals surface area contributed by atoms with E-state index in [4.69, 9.17) is 5.11 Å². The van der Waals surface area contributed by atoms with Crippen LogP contribution in [0.25, 0.3) is 0 Å². The highest BCUT2D eigenvalue weighted by molar-refractivity contribution is 5.50. The van der Waals surface area contributed by atoms with Gasteiger partial charge in [0.15, 0.2) is 0 Å². The van der Waals surface area contributed by atoms with E-state index in [0.29, 0.717) is 11.4 Å². The van der Waals surface area contributed by atoms with E-state index in [1.54, 1.807) is 0 Å². The van der Waals surface area contributed by atoms with Crippen LogP contribution in [0.15, 0.2) is 46.7 Å². The minimum Gasteiger partial charge on any atom is -0.394 e. The van der Waals surface area contributed by atoms with E-state index in [9.17, 15) is 15.3 Å². The maximum Gasteiger partial charge on any atom is 0.110 e. The zero-order valence-corrected chi connectivity index (χ0v) is 16.7. The Morgan fingerprint density at radius 1 is 0.821 bits per heavy atom. The largest absolute Gasteiger partial charge is 0.394 e. The molecule has 0 saturated carbocycles. The van der Waals surface area contributed by atoms with E-state index in [-0.39, 0.29) is 6.54 Å². The summed E-state index contributed by atoms with van der Waals surface area (Å²) in [5, 5.41) is 48.8. The van der Waals surface area contributed by atoms with E-state index in [1.165, 1.54) is 5.01 Å². The van der Waals surface area contributed by atoms with Gasteiger partial charge < -0.3 is 20.4 Å². The van der Waals surface area contributed by atoms with Gasteiger partial charge in [0.1, 0.15) is 18.3 Å². The van der Waals surface area contributed by atoms with Crippen molar-refractivity contribution in [3.63, 3.8) is 0 Å². The molecule has 2 rings (SSSR count). The second-order valence-corrected chi connectivity index (χ2v) is 7.12. The number of benzene rings is 2. The Kier molecular flexibility index (Phi) is 7.65. The van der Waals surface area contributed by atoms with Crippen LogP contribution < -0.4 is 5.01 Å². The van der Waals surface area contributed by atoms with E-state index in [2.05, 4.69) is 10.3 Å². The van der Waals surface area contributed by atoms with Gasteiger partial charge in [-0.1, -0.05) is 17.4 Å². The van der Waals surface area contributed by atoms with Crippen LogP contribution in [0.2, 0.25) is 0 Å². The Bertz CT molecular complexity index is 825. The minimum atomic E-state index is -1.50. The van der Waals surface area contributed by atoms with Gasteiger partial charge in [-0.25, -0.2) is 5.01 Å². The average Bonchev–Trinajstić information content (AvgIpc) is 2.68. The van der Waals surface area contributed by atoms with Crippen LogP contribution in [-0.4, -0.2) is 51.9 Å². The van der Waals surface area contributed by atoms with Crippen LogP contribution in [0, 0.1) is 27.7 Å². The summed E-state index contributed by atoms with van der Waals surface area (Å²) in [6, 6.07) is 11.4. The number of aryl methyl sites for hydroxylation is 4. The first-order valence-corrected chi connectivity index (χ1v) is 9.21. The smallest absolute Gasteiger partial charge is 0.110 e. The van der Waals surface area contributed by atoms with Gasteiger partial charge in [0, 0.05) is 0 Å². The molecule has 0 heterocycles. The lowest BCUT2D eigenvalue weighted by molar-refractivity contribution is -0.0732. The second-order valence-electron chi connectivity index (χ2n) is 7.12. The molecule has 28 heavy (non-hydrogen) atoms. The molecular formula is C21H29N3O4. The summed E-state index contributed by atoms with van der Waals surface area (Å²) >= 11 is 0. The van der Waals surface area contributed by atoms with Crippen LogP contribution in [0.5, 0.6) is 0 Å². The van der Waals surface area contributed by atoms with Gasteiger partial charge in [-0.2, -0.15) is 0 Å². The van der Waals surface area contributed by atoms with Crippen molar-refractivity contribution in [2.24, 2.45) is 10.3 Å². The summed E-state index contributed by atoms with van der Waals surface area (Å²) < 4.78 is 0. The molecule has 152 valence electrons. The molecule has 0 unspecified atom stereocenters. The summed E-state index contributed by atoms with van der Waals surface area (Å²) in [7, 11) is 0. The van der Waals surface area contributed by atoms with E-state index in [0.717, 1.165) is 22.3 Å². The average molecular weight is 387 g/mol. The molecule has 0 bridgehead atoms. The maximum absolute atomic E-state index is 10.3. The molecule has 4 N–H and O–H groups in total. The Morgan fingerprint density at radius 3 is 2.00 bits per heavy atom. The fraction of sp³-hybridized carbons (Fsp3) is 0.429. The highest BCUT2D eigenvalue weighted by Gasteiger charge is 2.26. The first kappa shape index (κ1) is 22.0. The van der Waals surface area contributed by atoms with E-state index < -0.39 is 24.9 Å². The lowest BCUT2D eigenvalue weighted by atomic mass is 10.1. The second kappa shape index (κ2) is 9.75. The molecule has 7 heteroatoms. The SMILES string of the molecule is Cc1ccc(N=NN(C[C@H](O)[C@@H](O)[C@@H](O)CO)c2ccc(C)c(C)c2)cc1C. The Labute approximate surface area is 165 Å². The number of anilines is 1. The van der Waals surface area contributed by atoms with E-state index in [1.807, 2.05) is 64.1 Å². The molecule has 3 atom stereocenters. The summed E-state index contributed by atoms with van der Waals surface area (Å²) in [5.41, 5.74) is 5.78. The summed E-state index contributed by atoms with van der Waals surface area (Å²) in [6.45, 7) is 7.23. The Hall–Kier alpha value is -2.32. The van der Waals surface area contributed by atoms with Gasteiger partial charge in [0.2, 0.25) is 0 Å². The predicted octanol–water partition coefficient (Wildman–Crippen LogP) is 2.50. The monoisotopic (exact) mass is 387 g/mol. The third kappa shape index (κ3) is 5.59. The number of aliphatic hydroxyl groups excluding tert-OH is 4. The molecule has 0 saturated heterocycles. The van der Waals surface area contributed by atoms with Crippen molar-refractivity contribution in [2.75, 3.05) is 18.2 Å². The standard InChI is InChI=1S/C21H29N3O4/c1-13-5-7-17(9-15(13)3)22-23-24(11-19(26)21(28)20(27)12-25)18-8-6-14(2)16(4)10-18/h5-10,19-21,25-28H,11-12H2,1-4H3/t19-,20-,21+/m0/s1. The van der Waals surface area contributed by atoms with Gasteiger partial charge >= 0.3 is 0 Å². The molecule has 0 spiro atoms. The van der Waals surface area contributed by atoms with Crippen LogP contribution >= 0.6 is 0 Å². The topological polar surface area (TPSA) is 109 Å². The molecule has 0 fully saturated rings. The molecule has 0 aliphatic carbocycles. The molecule has 0 aliphatic heterocycles. The van der Waals surface area contributed by atoms with E-state index >= 15 is 0 Å². The highest BCUT2D eigenvalue weighted by Crippen LogP contribution is 2.23. The molecule has 0 radical (unpaired) electrons. The van der Waals surface area contributed by atoms with Crippen molar-refractivity contribution in [1.29, 1.82) is 0 Å². The predicted molar refractivity (Wildman–Crippen MR) is 109 cm³/mol. The van der Waals surface area contributed by atoms with Crippen molar-refractivity contribution in [3.8, 4) is 0 Å². The van der Waals surface area contributed by atoms with Crippen LogP contribution in [0.4, 0.5) is 11.4 Å². The van der Waals surface area contributed by atoms with Crippen LogP contribution in [0.3, 0.4) is 0 Å². The van der Waals surface area contributed by atoms with Crippen molar-refractivity contribution in [1.82, 2.24) is 0 Å². The zero-order valence-electron chi connectivity index (χ0n) is 16.7. The summed E-state index contributed by atoms with van der Waals surface area (Å²) in [5.74, 6) is 0. The lowest BCUT2D eigenvalue weighted by Crippen LogP contribution is -2.44. The number of aliphatic hydroxyl groups is 4. The fourth-order valence-corrected chi connectivity index (χ4v) is 2.62. The number of hydrogen-bond acceptors (Lipinski definition) is 6. The number of hydrogen-bond donors (Lipinski definition) is 4. The highest BCUT2D eigenvalue weighted by atomic mass is 16.4. The van der Waals surface area contributed by atoms with Crippen molar-refractivity contribution in [2.45, 2.75) is 46.0 Å². The van der Waals surface area contributed by atoms with Crippen molar-refractivity contribution >= 4 is 11.4 Å². The quantitative estimate of drug-likeness (QED) is 0.411. The molecule has 7 nitrogen and oxygen atoms in total. The summed E-state index contributed by atoms with van der Waals surface area (Å²) in [4.78, 5) is 0. The zero-order chi connectivity index (χ0) is 20.8. The number of rotatable bonds is 8. The van der Waals surface area contributed by atoms with Crippen molar-refractivity contribution < 1.29 is 20.4 Å². The molecule has 2 aromatic rings. The number of nitrogens with zero attached hydrogens (tertiary/aromatic N) is 3. The first-order valence-electron chi connectivity index (χ1n) is 9.21. The van der Waals surface area contributed by atoms with Gasteiger partial charge in [-0.15, -0.1) is 5.11 Å². The molecule has 0 amide bonds. The van der Waals surface area contributed by atoms with Crippen LogP contribution in [0.1, 0.15) is 22.3 Å². The normalized spacial score (nSPS) is 14.9. The van der Waals surface area contributed by atoms with Gasteiger partial charge in [0.25, 0.3) is 0 Å². The fourth-order valence-electron chi connectivity index (χ4n) is 2.62. The van der Waals surface area contributed by atoms with Gasteiger partial charge in [0.05, 0.1) is 24.5 Å². The molecule has 0 aromatic heterocycles. The maximum atomic E-state index is 10.3. The molecular weight excluding hydrogens is 358 g/mol. The summed E-state index contributed by atoms with van der Waals surface area (Å²) in [6.07, 6.45) is -4.27. The van der Waals surface area contributed by atoms with Crippen molar-refractivity contribution in [3.05, 3.63) is 58.7 Å². The third-order valence-corrected chi connectivity index (χ3v) is 4.88. The first-order chi connectivity index (χ1) is 13.2. The van der Waals surface area contributed by atoms with Gasteiger partial charge in [-0.3, -0.25) is 0 Å².